The molecule has 8 nitrogen and oxygen atoms in total. The SMILES string of the molecule is CCO[PH+](OCC)OCC.[C-]#[O+].[C-]#[O+].[C-]#[O+].[C-]#[O+].[C-]#[O+].[Cr]. The quantitative estimate of drug-likeness (QED) is 0.408. The molecule has 0 aliphatic heterocycles. The normalized spacial score (nSPS) is 5.62. The van der Waals surface area contributed by atoms with Crippen molar-refractivity contribution in [3.05, 3.63) is 33.3 Å². The van der Waals surface area contributed by atoms with Crippen molar-refractivity contribution in [3.8, 4) is 0 Å². The second-order valence-corrected chi connectivity index (χ2v) is 2.92. The monoisotopic (exact) mass is 359 g/mol. The second kappa shape index (κ2) is 92.1. The van der Waals surface area contributed by atoms with Gasteiger partial charge in [-0.05, 0) is 20.8 Å². The van der Waals surface area contributed by atoms with Crippen LogP contribution in [0.15, 0.2) is 0 Å². The van der Waals surface area contributed by atoms with Crippen LogP contribution in [0, 0.1) is 33.3 Å². The summed E-state index contributed by atoms with van der Waals surface area (Å²) < 4.78 is 53.0. The summed E-state index contributed by atoms with van der Waals surface area (Å²) in [6, 6.07) is 0. The van der Waals surface area contributed by atoms with Gasteiger partial charge in [0, 0.05) is 17.4 Å². The van der Waals surface area contributed by atoms with Crippen LogP contribution >= 0.6 is 8.60 Å². The van der Waals surface area contributed by atoms with Gasteiger partial charge < -0.3 is 0 Å². The molecule has 0 aliphatic rings. The van der Waals surface area contributed by atoms with E-state index >= 15 is 0 Å². The Labute approximate surface area is 137 Å². The molecule has 0 spiro atoms. The summed E-state index contributed by atoms with van der Waals surface area (Å²) in [5.74, 6) is 0. The second-order valence-electron chi connectivity index (χ2n) is 1.55. The summed E-state index contributed by atoms with van der Waals surface area (Å²) in [7, 11) is -1.40. The molecule has 0 aliphatic carbocycles. The summed E-state index contributed by atoms with van der Waals surface area (Å²) in [5, 5.41) is 0. The van der Waals surface area contributed by atoms with E-state index in [2.05, 4.69) is 33.3 Å². The average Bonchev–Trinajstić information content (AvgIpc) is 2.58. The Kier molecular flexibility index (Phi) is 188. The summed E-state index contributed by atoms with van der Waals surface area (Å²) in [4.78, 5) is 0. The number of hydrogen-bond donors (Lipinski definition) is 0. The van der Waals surface area contributed by atoms with Crippen LogP contribution in [0.5, 0.6) is 0 Å². The predicted molar refractivity (Wildman–Crippen MR) is 62.8 cm³/mol. The molecule has 0 saturated heterocycles. The molecule has 10 heteroatoms. The zero-order valence-corrected chi connectivity index (χ0v) is 14.1. The van der Waals surface area contributed by atoms with E-state index in [0.717, 1.165) is 0 Å². The Hall–Kier alpha value is -0.458. The van der Waals surface area contributed by atoms with Crippen molar-refractivity contribution in [2.45, 2.75) is 20.8 Å². The first-order valence-electron chi connectivity index (χ1n) is 4.62. The van der Waals surface area contributed by atoms with Gasteiger partial charge in [0.15, 0.2) is 0 Å². The van der Waals surface area contributed by atoms with Crippen molar-refractivity contribution >= 4 is 8.60 Å². The van der Waals surface area contributed by atoms with Crippen LogP contribution < -0.4 is 0 Å². The molecule has 21 heavy (non-hydrogen) atoms. The smallest absolute Gasteiger partial charge is 0 e. The van der Waals surface area contributed by atoms with Gasteiger partial charge in [-0.15, -0.1) is 0 Å². The van der Waals surface area contributed by atoms with Gasteiger partial charge in [-0.2, -0.15) is 13.6 Å². The molecule has 0 radical (unpaired) electrons. The maximum Gasteiger partial charge on any atom is 0 e. The van der Waals surface area contributed by atoms with Gasteiger partial charge in [0.25, 0.3) is 0 Å². The van der Waals surface area contributed by atoms with Gasteiger partial charge in [-0.3, -0.25) is 0 Å². The third kappa shape index (κ3) is 82.4. The molecule has 0 saturated carbocycles. The fraction of sp³-hybridized carbons (Fsp3) is 0.545. The van der Waals surface area contributed by atoms with E-state index in [0.29, 0.717) is 19.8 Å². The van der Waals surface area contributed by atoms with Crippen LogP contribution in [0.1, 0.15) is 20.8 Å². The minimum absolute atomic E-state index is 0. The van der Waals surface area contributed by atoms with E-state index in [9.17, 15) is 0 Å². The molecule has 0 unspecified atom stereocenters. The van der Waals surface area contributed by atoms with Crippen molar-refractivity contribution in [2.75, 3.05) is 19.8 Å². The zero-order valence-electron chi connectivity index (χ0n) is 11.8. The van der Waals surface area contributed by atoms with E-state index < -0.39 is 8.60 Å². The molecular formula is C11H16CrO8P+. The van der Waals surface area contributed by atoms with Crippen LogP contribution in [-0.4, -0.2) is 19.8 Å². The minimum Gasteiger partial charge on any atom is 0 e. The van der Waals surface area contributed by atoms with Gasteiger partial charge in [-0.25, -0.2) is 0 Å². The Morgan fingerprint density at radius 2 is 0.714 bits per heavy atom. The van der Waals surface area contributed by atoms with E-state index in [1.54, 1.807) is 0 Å². The molecule has 0 aromatic carbocycles. The van der Waals surface area contributed by atoms with Crippen molar-refractivity contribution in [3.63, 3.8) is 0 Å². The van der Waals surface area contributed by atoms with Crippen LogP contribution in [0.2, 0.25) is 0 Å². The predicted octanol–water partition coefficient (Wildman–Crippen LogP) is 1.87. The first-order valence-corrected chi connectivity index (χ1v) is 5.85. The van der Waals surface area contributed by atoms with Crippen molar-refractivity contribution in [2.24, 2.45) is 0 Å². The van der Waals surface area contributed by atoms with Gasteiger partial charge in [0.05, 0.1) is 19.8 Å². The first-order chi connectivity index (χ1) is 9.85. The molecule has 0 amide bonds. The summed E-state index contributed by atoms with van der Waals surface area (Å²) in [6.45, 7) is 30.3. The van der Waals surface area contributed by atoms with Crippen molar-refractivity contribution < 1.29 is 54.2 Å². The van der Waals surface area contributed by atoms with Crippen LogP contribution in [0.4, 0.5) is 0 Å². The van der Waals surface area contributed by atoms with Gasteiger partial charge in [0.2, 0.25) is 0 Å². The van der Waals surface area contributed by atoms with E-state index in [4.69, 9.17) is 36.8 Å². The Morgan fingerprint density at radius 3 is 0.810 bits per heavy atom. The maximum atomic E-state index is 7.50. The molecule has 0 atom stereocenters. The third-order valence-corrected chi connectivity index (χ3v) is 2.36. The van der Waals surface area contributed by atoms with Crippen LogP contribution in [0.25, 0.3) is 0 Å². The fourth-order valence-electron chi connectivity index (χ4n) is 0.479. The zero-order chi connectivity index (χ0) is 17.8. The summed E-state index contributed by atoms with van der Waals surface area (Å²) in [6.07, 6.45) is 0. The van der Waals surface area contributed by atoms with Gasteiger partial charge >= 0.3 is 65.1 Å². The number of hydrogen-bond acceptors (Lipinski definition) is 3. The van der Waals surface area contributed by atoms with E-state index in [1.807, 2.05) is 20.8 Å². The molecule has 118 valence electrons. The third-order valence-electron chi connectivity index (χ3n) is 0.787. The Morgan fingerprint density at radius 1 is 0.571 bits per heavy atom. The molecular weight excluding hydrogens is 343 g/mol. The Bertz CT molecular complexity index is 177. The fourth-order valence-corrected chi connectivity index (χ4v) is 1.44. The molecule has 0 fully saturated rings. The maximum absolute atomic E-state index is 7.50. The molecule has 0 heterocycles. The number of rotatable bonds is 6. The summed E-state index contributed by atoms with van der Waals surface area (Å²) in [5.41, 5.74) is 0. The molecule has 0 aromatic rings. The minimum atomic E-state index is -1.40. The largest absolute Gasteiger partial charge is 0 e. The van der Waals surface area contributed by atoms with Crippen LogP contribution in [-0.2, 0) is 54.2 Å². The van der Waals surface area contributed by atoms with E-state index in [1.165, 1.54) is 0 Å². The van der Waals surface area contributed by atoms with Gasteiger partial charge in [-0.1, -0.05) is 0 Å². The van der Waals surface area contributed by atoms with Gasteiger partial charge in [0.1, 0.15) is 0 Å². The molecule has 0 bridgehead atoms. The standard InChI is InChI=1S/C6H16O3P.5CO.Cr/c1-4-7-10(8-5-2)9-6-3;5*1-2;/h10H,4-6H2,1-3H3;;;;;;/q+1;;;;;;. The first kappa shape index (κ1) is 42.8. The van der Waals surface area contributed by atoms with E-state index in [-0.39, 0.29) is 17.4 Å². The average molecular weight is 359 g/mol. The van der Waals surface area contributed by atoms with Crippen LogP contribution in [0.3, 0.4) is 0 Å². The Balaban J connectivity index is -0.0000000303. The van der Waals surface area contributed by atoms with Crippen molar-refractivity contribution in [1.29, 1.82) is 0 Å². The molecule has 0 aromatic heterocycles. The summed E-state index contributed by atoms with van der Waals surface area (Å²) >= 11 is 0. The molecule has 0 N–H and O–H groups in total. The van der Waals surface area contributed by atoms with Crippen molar-refractivity contribution in [1.82, 2.24) is 0 Å². The topological polar surface area (TPSA) is 127 Å². The molecule has 0 rings (SSSR count).